The molecule has 0 bridgehead atoms. The number of aromatic nitrogens is 5. The van der Waals surface area contributed by atoms with Crippen LogP contribution in [-0.4, -0.2) is 44.7 Å². The molecule has 3 aromatic heterocycles. The Kier molecular flexibility index (Phi) is 5.21. The zero-order chi connectivity index (χ0) is 21.1. The van der Waals surface area contributed by atoms with E-state index in [0.717, 1.165) is 11.1 Å². The highest BCUT2D eigenvalue weighted by Gasteiger charge is 2.17. The zero-order valence-corrected chi connectivity index (χ0v) is 16.2. The van der Waals surface area contributed by atoms with Crippen LogP contribution in [0.4, 0.5) is 21.1 Å². The number of fused-ring (bicyclic) bond motifs is 1. The normalized spacial score (nSPS) is 10.8. The maximum absolute atomic E-state index is 14.5. The van der Waals surface area contributed by atoms with E-state index in [-0.39, 0.29) is 18.2 Å². The molecule has 0 spiro atoms. The molecular weight excluding hydrogens is 389 g/mol. The van der Waals surface area contributed by atoms with Crippen LogP contribution < -0.4 is 10.6 Å². The van der Waals surface area contributed by atoms with Gasteiger partial charge in [0, 0.05) is 36.8 Å². The predicted octanol–water partition coefficient (Wildman–Crippen LogP) is 3.83. The molecular formula is C20H18FN7O2. The number of anilines is 2. The third-order valence-corrected chi connectivity index (χ3v) is 4.30. The van der Waals surface area contributed by atoms with Crippen molar-refractivity contribution >= 4 is 29.0 Å². The highest BCUT2D eigenvalue weighted by atomic mass is 19.1. The van der Waals surface area contributed by atoms with Crippen molar-refractivity contribution in [2.24, 2.45) is 0 Å². The SMILES string of the molecule is CCOC(=O)Nc1nc2c(-c3ncccc3F)cc(-c3cnc(NC)nc3)cc2[nH]1. The lowest BCUT2D eigenvalue weighted by Gasteiger charge is -2.08. The third-order valence-electron chi connectivity index (χ3n) is 4.30. The number of nitrogens with zero attached hydrogens (tertiary/aromatic N) is 4. The molecule has 0 saturated heterocycles. The zero-order valence-electron chi connectivity index (χ0n) is 16.2. The van der Waals surface area contributed by atoms with E-state index in [1.807, 2.05) is 6.07 Å². The van der Waals surface area contributed by atoms with Gasteiger partial charge in [0.1, 0.15) is 17.0 Å². The van der Waals surface area contributed by atoms with Gasteiger partial charge in [0.25, 0.3) is 0 Å². The summed E-state index contributed by atoms with van der Waals surface area (Å²) in [5, 5.41) is 5.39. The van der Waals surface area contributed by atoms with Crippen molar-refractivity contribution < 1.29 is 13.9 Å². The van der Waals surface area contributed by atoms with E-state index in [9.17, 15) is 9.18 Å². The average Bonchev–Trinajstić information content (AvgIpc) is 3.16. The molecule has 30 heavy (non-hydrogen) atoms. The molecule has 0 aliphatic rings. The van der Waals surface area contributed by atoms with Crippen LogP contribution in [0.15, 0.2) is 42.9 Å². The number of carbonyl (C=O) groups excluding carboxylic acids is 1. The second kappa shape index (κ2) is 8.11. The summed E-state index contributed by atoms with van der Waals surface area (Å²) in [7, 11) is 1.73. The summed E-state index contributed by atoms with van der Waals surface area (Å²) in [6.07, 6.45) is 4.18. The number of carbonyl (C=O) groups is 1. The Morgan fingerprint density at radius 2 is 2.00 bits per heavy atom. The third kappa shape index (κ3) is 3.75. The molecule has 9 nitrogen and oxygen atoms in total. The van der Waals surface area contributed by atoms with Gasteiger partial charge in [-0.15, -0.1) is 0 Å². The van der Waals surface area contributed by atoms with Gasteiger partial charge in [0.15, 0.2) is 0 Å². The highest BCUT2D eigenvalue weighted by molar-refractivity contribution is 5.97. The summed E-state index contributed by atoms with van der Waals surface area (Å²) < 4.78 is 19.4. The molecule has 3 heterocycles. The maximum Gasteiger partial charge on any atom is 0.413 e. The number of hydrogen-bond acceptors (Lipinski definition) is 7. The fraction of sp³-hybridized carbons (Fsp3) is 0.150. The molecule has 4 rings (SSSR count). The number of imidazole rings is 1. The average molecular weight is 407 g/mol. The lowest BCUT2D eigenvalue weighted by Crippen LogP contribution is -2.14. The van der Waals surface area contributed by atoms with Crippen LogP contribution in [-0.2, 0) is 4.74 Å². The Hall–Kier alpha value is -4.08. The molecule has 10 heteroatoms. The van der Waals surface area contributed by atoms with Gasteiger partial charge in [-0.25, -0.2) is 24.1 Å². The molecule has 0 unspecified atom stereocenters. The monoisotopic (exact) mass is 407 g/mol. The van der Waals surface area contributed by atoms with E-state index in [1.54, 1.807) is 32.4 Å². The van der Waals surface area contributed by atoms with Crippen LogP contribution in [0.3, 0.4) is 0 Å². The van der Waals surface area contributed by atoms with Crippen molar-refractivity contribution in [2.75, 3.05) is 24.3 Å². The molecule has 0 aliphatic carbocycles. The standard InChI is InChI=1S/C20H18FN7O2/c1-3-30-20(29)28-19-26-15-8-11(12-9-24-18(22-2)25-10-12)7-13(17(15)27-19)16-14(21)5-4-6-23-16/h4-10H,3H2,1-2H3,(H,22,24,25)(H2,26,27,28,29). The summed E-state index contributed by atoms with van der Waals surface area (Å²) >= 11 is 0. The first-order valence-electron chi connectivity index (χ1n) is 9.17. The molecule has 0 aliphatic heterocycles. The fourth-order valence-corrected chi connectivity index (χ4v) is 2.98. The van der Waals surface area contributed by atoms with Gasteiger partial charge in [-0.3, -0.25) is 10.3 Å². The second-order valence-electron chi connectivity index (χ2n) is 6.23. The molecule has 3 N–H and O–H groups in total. The van der Waals surface area contributed by atoms with Gasteiger partial charge in [-0.2, -0.15) is 0 Å². The summed E-state index contributed by atoms with van der Waals surface area (Å²) in [4.78, 5) is 31.8. The molecule has 0 radical (unpaired) electrons. The Balaban J connectivity index is 1.87. The van der Waals surface area contributed by atoms with Crippen molar-refractivity contribution in [3.63, 3.8) is 0 Å². The number of amides is 1. The number of aromatic amines is 1. The number of pyridine rings is 1. The van der Waals surface area contributed by atoms with Gasteiger partial charge in [0.05, 0.1) is 12.1 Å². The van der Waals surface area contributed by atoms with E-state index in [0.29, 0.717) is 22.5 Å². The highest BCUT2D eigenvalue weighted by Crippen LogP contribution is 2.33. The summed E-state index contributed by atoms with van der Waals surface area (Å²) in [6, 6.07) is 6.43. The van der Waals surface area contributed by atoms with Gasteiger partial charge < -0.3 is 15.0 Å². The number of rotatable bonds is 5. The fourth-order valence-electron chi connectivity index (χ4n) is 2.98. The van der Waals surface area contributed by atoms with E-state index < -0.39 is 11.9 Å². The number of ether oxygens (including phenoxy) is 1. The minimum atomic E-state index is -0.640. The van der Waals surface area contributed by atoms with Crippen LogP contribution in [0.25, 0.3) is 33.4 Å². The molecule has 0 saturated carbocycles. The van der Waals surface area contributed by atoms with Crippen molar-refractivity contribution in [1.29, 1.82) is 0 Å². The molecule has 0 fully saturated rings. The Morgan fingerprint density at radius 3 is 2.70 bits per heavy atom. The first-order chi connectivity index (χ1) is 14.6. The molecule has 4 aromatic rings. The smallest absolute Gasteiger partial charge is 0.413 e. The van der Waals surface area contributed by atoms with E-state index in [1.165, 1.54) is 18.3 Å². The molecule has 1 amide bonds. The first kappa shape index (κ1) is 19.2. The van der Waals surface area contributed by atoms with Crippen molar-refractivity contribution in [3.8, 4) is 22.4 Å². The predicted molar refractivity (Wildman–Crippen MR) is 111 cm³/mol. The van der Waals surface area contributed by atoms with E-state index in [4.69, 9.17) is 4.74 Å². The minimum Gasteiger partial charge on any atom is -0.450 e. The number of halogens is 1. The number of nitrogens with one attached hydrogen (secondary N) is 3. The van der Waals surface area contributed by atoms with E-state index in [2.05, 4.69) is 35.6 Å². The lowest BCUT2D eigenvalue weighted by atomic mass is 10.0. The maximum atomic E-state index is 14.5. The topological polar surface area (TPSA) is 118 Å². The lowest BCUT2D eigenvalue weighted by molar-refractivity contribution is 0.167. The van der Waals surface area contributed by atoms with Crippen LogP contribution in [0, 0.1) is 5.82 Å². The van der Waals surface area contributed by atoms with Crippen LogP contribution >= 0.6 is 0 Å². The Morgan fingerprint density at radius 1 is 1.20 bits per heavy atom. The van der Waals surface area contributed by atoms with Crippen LogP contribution in [0.2, 0.25) is 0 Å². The summed E-state index contributed by atoms with van der Waals surface area (Å²) in [5.41, 5.74) is 3.10. The Bertz CT molecular complexity index is 1210. The number of hydrogen-bond donors (Lipinski definition) is 3. The van der Waals surface area contributed by atoms with Crippen molar-refractivity contribution in [1.82, 2.24) is 24.9 Å². The molecule has 0 atom stereocenters. The molecule has 1 aromatic carbocycles. The van der Waals surface area contributed by atoms with Crippen LogP contribution in [0.5, 0.6) is 0 Å². The second-order valence-corrected chi connectivity index (χ2v) is 6.23. The summed E-state index contributed by atoms with van der Waals surface area (Å²) in [5.74, 6) is 0.180. The van der Waals surface area contributed by atoms with Crippen molar-refractivity contribution in [2.45, 2.75) is 6.92 Å². The van der Waals surface area contributed by atoms with Gasteiger partial charge >= 0.3 is 6.09 Å². The van der Waals surface area contributed by atoms with Gasteiger partial charge in [0.2, 0.25) is 11.9 Å². The largest absolute Gasteiger partial charge is 0.450 e. The molecule has 152 valence electrons. The van der Waals surface area contributed by atoms with E-state index >= 15 is 0 Å². The summed E-state index contributed by atoms with van der Waals surface area (Å²) in [6.45, 7) is 1.93. The van der Waals surface area contributed by atoms with Crippen molar-refractivity contribution in [3.05, 3.63) is 48.7 Å². The Labute approximate surface area is 170 Å². The quantitative estimate of drug-likeness (QED) is 0.460. The minimum absolute atomic E-state index is 0.145. The number of H-pyrrole nitrogens is 1. The van der Waals surface area contributed by atoms with Gasteiger partial charge in [-0.1, -0.05) is 0 Å². The first-order valence-corrected chi connectivity index (χ1v) is 9.17. The van der Waals surface area contributed by atoms with Crippen LogP contribution in [0.1, 0.15) is 6.92 Å². The van der Waals surface area contributed by atoms with Gasteiger partial charge in [-0.05, 0) is 36.8 Å². The number of benzene rings is 1.